The van der Waals surface area contributed by atoms with Gasteiger partial charge in [0.15, 0.2) is 11.5 Å². The lowest BCUT2D eigenvalue weighted by Crippen LogP contribution is -2.34. The maximum atomic E-state index is 12.5. The van der Waals surface area contributed by atoms with E-state index in [0.29, 0.717) is 35.9 Å². The van der Waals surface area contributed by atoms with E-state index >= 15 is 0 Å². The average molecular weight is 531 g/mol. The SMILES string of the molecule is COc1ccc(CCNC(=O)/C(C#N)=C\c2ccc(CNC(=O)C(=O)Nc3ccc(C)c(C)c3)o2)cc1OC. The van der Waals surface area contributed by atoms with E-state index < -0.39 is 17.7 Å². The number of nitrogens with zero attached hydrogens (tertiary/aromatic N) is 1. The molecule has 3 N–H and O–H groups in total. The molecule has 0 unspecified atom stereocenters. The van der Waals surface area contributed by atoms with Crippen molar-refractivity contribution in [3.8, 4) is 17.6 Å². The van der Waals surface area contributed by atoms with Gasteiger partial charge in [-0.2, -0.15) is 5.26 Å². The Morgan fingerprint density at radius 1 is 0.897 bits per heavy atom. The van der Waals surface area contributed by atoms with Crippen LogP contribution < -0.4 is 25.4 Å². The molecular weight excluding hydrogens is 500 g/mol. The number of rotatable bonds is 10. The van der Waals surface area contributed by atoms with Crippen LogP contribution in [0.5, 0.6) is 11.5 Å². The van der Waals surface area contributed by atoms with Gasteiger partial charge in [-0.3, -0.25) is 14.4 Å². The Hall–Kier alpha value is -5.04. The number of nitriles is 1. The molecule has 0 radical (unpaired) electrons. The molecule has 1 heterocycles. The summed E-state index contributed by atoms with van der Waals surface area (Å²) < 4.78 is 16.1. The molecule has 0 saturated carbocycles. The molecule has 0 aliphatic carbocycles. The van der Waals surface area contributed by atoms with Crippen molar-refractivity contribution in [3.63, 3.8) is 0 Å². The zero-order valence-corrected chi connectivity index (χ0v) is 22.2. The van der Waals surface area contributed by atoms with Gasteiger partial charge in [0.05, 0.1) is 20.8 Å². The van der Waals surface area contributed by atoms with Crippen molar-refractivity contribution in [2.45, 2.75) is 26.8 Å². The van der Waals surface area contributed by atoms with Gasteiger partial charge >= 0.3 is 11.8 Å². The van der Waals surface area contributed by atoms with Crippen LogP contribution in [-0.2, 0) is 27.3 Å². The molecule has 1 aromatic heterocycles. The first-order chi connectivity index (χ1) is 18.7. The van der Waals surface area contributed by atoms with Crippen LogP contribution in [0.1, 0.15) is 28.2 Å². The Kier molecular flexibility index (Phi) is 9.87. The number of ether oxygens (including phenoxy) is 2. The summed E-state index contributed by atoms with van der Waals surface area (Å²) in [4.78, 5) is 36.8. The molecule has 10 heteroatoms. The van der Waals surface area contributed by atoms with Crippen molar-refractivity contribution in [3.05, 3.63) is 82.3 Å². The second kappa shape index (κ2) is 13.5. The van der Waals surface area contributed by atoms with E-state index in [1.54, 1.807) is 44.6 Å². The van der Waals surface area contributed by atoms with Crippen molar-refractivity contribution in [1.29, 1.82) is 5.26 Å². The lowest BCUT2D eigenvalue weighted by Gasteiger charge is -2.10. The summed E-state index contributed by atoms with van der Waals surface area (Å²) in [5, 5.41) is 17.2. The van der Waals surface area contributed by atoms with Crippen LogP contribution in [0.2, 0.25) is 0 Å². The molecule has 0 saturated heterocycles. The highest BCUT2D eigenvalue weighted by Gasteiger charge is 2.15. The van der Waals surface area contributed by atoms with Gasteiger partial charge in [0.2, 0.25) is 0 Å². The minimum atomic E-state index is -0.826. The van der Waals surface area contributed by atoms with Crippen LogP contribution in [0.15, 0.2) is 58.5 Å². The number of methoxy groups -OCH3 is 2. The van der Waals surface area contributed by atoms with Crippen LogP contribution in [0, 0.1) is 25.2 Å². The fourth-order valence-electron chi connectivity index (χ4n) is 3.56. The summed E-state index contributed by atoms with van der Waals surface area (Å²) in [5.41, 5.74) is 3.38. The van der Waals surface area contributed by atoms with Gasteiger partial charge in [-0.15, -0.1) is 0 Å². The zero-order chi connectivity index (χ0) is 28.4. The summed E-state index contributed by atoms with van der Waals surface area (Å²) in [6, 6.07) is 15.8. The molecule has 3 aromatic rings. The van der Waals surface area contributed by atoms with Crippen molar-refractivity contribution < 1.29 is 28.3 Å². The first-order valence-corrected chi connectivity index (χ1v) is 12.1. The zero-order valence-electron chi connectivity index (χ0n) is 22.2. The predicted molar refractivity (Wildman–Crippen MR) is 145 cm³/mol. The predicted octanol–water partition coefficient (Wildman–Crippen LogP) is 3.43. The molecule has 0 atom stereocenters. The summed E-state index contributed by atoms with van der Waals surface area (Å²) in [5.74, 6) is -0.379. The highest BCUT2D eigenvalue weighted by atomic mass is 16.5. The first-order valence-electron chi connectivity index (χ1n) is 12.1. The number of benzene rings is 2. The second-order valence-electron chi connectivity index (χ2n) is 8.60. The largest absolute Gasteiger partial charge is 0.493 e. The van der Waals surface area contributed by atoms with Crippen LogP contribution >= 0.6 is 0 Å². The number of carbonyl (C=O) groups excluding carboxylic acids is 3. The average Bonchev–Trinajstić information content (AvgIpc) is 3.39. The normalized spacial score (nSPS) is 10.8. The van der Waals surface area contributed by atoms with Crippen molar-refractivity contribution in [2.75, 3.05) is 26.1 Å². The second-order valence-corrected chi connectivity index (χ2v) is 8.60. The van der Waals surface area contributed by atoms with Gasteiger partial charge in [-0.1, -0.05) is 12.1 Å². The number of hydrogen-bond acceptors (Lipinski definition) is 7. The van der Waals surface area contributed by atoms with E-state index in [0.717, 1.165) is 16.7 Å². The van der Waals surface area contributed by atoms with E-state index in [1.165, 1.54) is 6.08 Å². The third kappa shape index (κ3) is 7.97. The third-order valence-corrected chi connectivity index (χ3v) is 5.88. The van der Waals surface area contributed by atoms with Crippen LogP contribution in [0.4, 0.5) is 5.69 Å². The van der Waals surface area contributed by atoms with Gasteiger partial charge in [0.1, 0.15) is 23.2 Å². The van der Waals surface area contributed by atoms with Crippen molar-refractivity contribution in [2.24, 2.45) is 0 Å². The standard InChI is InChI=1S/C29H30N4O6/c1-18-5-7-22(13-19(18)2)33-29(36)28(35)32-17-24-9-8-23(39-24)15-21(16-30)27(34)31-12-11-20-6-10-25(37-3)26(14-20)38-4/h5-10,13-15H,11-12,17H2,1-4H3,(H,31,34)(H,32,35)(H,33,36)/b21-15-. The van der Waals surface area contributed by atoms with E-state index in [-0.39, 0.29) is 17.9 Å². The maximum Gasteiger partial charge on any atom is 0.313 e. The van der Waals surface area contributed by atoms with Crippen molar-refractivity contribution in [1.82, 2.24) is 10.6 Å². The lowest BCUT2D eigenvalue weighted by atomic mass is 10.1. The Labute approximate surface area is 226 Å². The monoisotopic (exact) mass is 530 g/mol. The molecule has 0 aliphatic rings. The number of hydrogen-bond donors (Lipinski definition) is 3. The van der Waals surface area contributed by atoms with Gasteiger partial charge in [0.25, 0.3) is 5.91 Å². The van der Waals surface area contributed by atoms with Crippen LogP contribution in [-0.4, -0.2) is 38.5 Å². The molecule has 10 nitrogen and oxygen atoms in total. The van der Waals surface area contributed by atoms with Crippen molar-refractivity contribution >= 4 is 29.5 Å². The van der Waals surface area contributed by atoms with E-state index in [2.05, 4.69) is 16.0 Å². The number of aryl methyl sites for hydroxylation is 2. The van der Waals surface area contributed by atoms with Crippen LogP contribution in [0.3, 0.4) is 0 Å². The first kappa shape index (κ1) is 28.5. The molecule has 2 aromatic carbocycles. The van der Waals surface area contributed by atoms with Gasteiger partial charge in [-0.25, -0.2) is 0 Å². The smallest absolute Gasteiger partial charge is 0.313 e. The fourth-order valence-corrected chi connectivity index (χ4v) is 3.56. The molecule has 3 amide bonds. The Balaban J connectivity index is 1.50. The van der Waals surface area contributed by atoms with Crippen LogP contribution in [0.25, 0.3) is 6.08 Å². The highest BCUT2D eigenvalue weighted by molar-refractivity contribution is 6.39. The van der Waals surface area contributed by atoms with Gasteiger partial charge < -0.3 is 29.8 Å². The quantitative estimate of drug-likeness (QED) is 0.207. The Morgan fingerprint density at radius 2 is 1.67 bits per heavy atom. The molecular formula is C29H30N4O6. The maximum absolute atomic E-state index is 12.5. The number of furan rings is 1. The molecule has 0 fully saturated rings. The third-order valence-electron chi connectivity index (χ3n) is 5.88. The molecule has 3 rings (SSSR count). The molecule has 39 heavy (non-hydrogen) atoms. The molecule has 0 spiro atoms. The summed E-state index contributed by atoms with van der Waals surface area (Å²) in [6.45, 7) is 4.11. The minimum absolute atomic E-state index is 0.0492. The number of amides is 3. The van der Waals surface area contributed by atoms with E-state index in [9.17, 15) is 19.6 Å². The Bertz CT molecular complexity index is 1430. The van der Waals surface area contributed by atoms with Gasteiger partial charge in [0, 0.05) is 18.3 Å². The summed E-state index contributed by atoms with van der Waals surface area (Å²) in [7, 11) is 3.10. The number of carbonyl (C=O) groups is 3. The summed E-state index contributed by atoms with van der Waals surface area (Å²) in [6.07, 6.45) is 1.83. The topological polar surface area (TPSA) is 143 Å². The van der Waals surface area contributed by atoms with E-state index in [4.69, 9.17) is 13.9 Å². The summed E-state index contributed by atoms with van der Waals surface area (Å²) >= 11 is 0. The molecule has 0 bridgehead atoms. The molecule has 202 valence electrons. The number of nitrogens with one attached hydrogen (secondary N) is 3. The van der Waals surface area contributed by atoms with E-state index in [1.807, 2.05) is 38.1 Å². The molecule has 0 aliphatic heterocycles. The number of anilines is 1. The lowest BCUT2D eigenvalue weighted by molar-refractivity contribution is -0.136. The minimum Gasteiger partial charge on any atom is -0.493 e. The Morgan fingerprint density at radius 3 is 2.36 bits per heavy atom. The highest BCUT2D eigenvalue weighted by Crippen LogP contribution is 2.27. The van der Waals surface area contributed by atoms with Gasteiger partial charge in [-0.05, 0) is 73.4 Å². The fraction of sp³-hybridized carbons (Fsp3) is 0.241.